The number of nitrogens with one attached hydrogen (secondary N) is 1. The summed E-state index contributed by atoms with van der Waals surface area (Å²) in [6.07, 6.45) is 3.89. The Hall–Kier alpha value is -1.02. The molecule has 0 atom stereocenters. The van der Waals surface area contributed by atoms with Crippen molar-refractivity contribution in [3.05, 3.63) is 29.3 Å². The van der Waals surface area contributed by atoms with Gasteiger partial charge in [0, 0.05) is 17.5 Å². The van der Waals surface area contributed by atoms with E-state index in [2.05, 4.69) is 44.3 Å². The minimum atomic E-state index is 0.298. The van der Waals surface area contributed by atoms with Crippen LogP contribution in [0.2, 0.25) is 0 Å². The summed E-state index contributed by atoms with van der Waals surface area (Å²) >= 11 is 0. The molecule has 1 aliphatic carbocycles. The van der Waals surface area contributed by atoms with E-state index < -0.39 is 0 Å². The largest absolute Gasteiger partial charge is 0.496 e. The van der Waals surface area contributed by atoms with Gasteiger partial charge in [0.05, 0.1) is 7.11 Å². The lowest BCUT2D eigenvalue weighted by Gasteiger charge is -2.43. The number of rotatable bonds is 6. The van der Waals surface area contributed by atoms with Crippen LogP contribution in [0.25, 0.3) is 0 Å². The predicted octanol–water partition coefficient (Wildman–Crippen LogP) is 3.67. The van der Waals surface area contributed by atoms with Crippen LogP contribution in [0.15, 0.2) is 18.2 Å². The number of hydrogen-bond acceptors (Lipinski definition) is 2. The molecule has 2 heteroatoms. The van der Waals surface area contributed by atoms with Gasteiger partial charge in [-0.3, -0.25) is 0 Å². The Bertz CT molecular complexity index is 421. The van der Waals surface area contributed by atoms with Gasteiger partial charge in [0.25, 0.3) is 0 Å². The van der Waals surface area contributed by atoms with Crippen LogP contribution in [0, 0.1) is 12.8 Å². The summed E-state index contributed by atoms with van der Waals surface area (Å²) in [4.78, 5) is 0. The molecule has 0 aliphatic heterocycles. The number of hydrogen-bond donors (Lipinski definition) is 1. The number of ether oxygens (including phenoxy) is 1. The smallest absolute Gasteiger partial charge is 0.122 e. The van der Waals surface area contributed by atoms with Crippen molar-refractivity contribution in [2.75, 3.05) is 20.2 Å². The van der Waals surface area contributed by atoms with Crippen molar-refractivity contribution >= 4 is 0 Å². The minimum Gasteiger partial charge on any atom is -0.496 e. The fourth-order valence-electron chi connectivity index (χ4n) is 2.98. The van der Waals surface area contributed by atoms with Crippen molar-refractivity contribution in [1.82, 2.24) is 5.32 Å². The lowest BCUT2D eigenvalue weighted by atomic mass is 9.64. The molecule has 0 bridgehead atoms. The third kappa shape index (κ3) is 3.11. The van der Waals surface area contributed by atoms with Gasteiger partial charge in [-0.25, -0.2) is 0 Å². The molecule has 1 aromatic carbocycles. The van der Waals surface area contributed by atoms with Gasteiger partial charge in [-0.2, -0.15) is 0 Å². The fourth-order valence-corrected chi connectivity index (χ4v) is 2.98. The molecule has 1 aliphatic rings. The molecule has 19 heavy (non-hydrogen) atoms. The highest BCUT2D eigenvalue weighted by Gasteiger charge is 2.40. The summed E-state index contributed by atoms with van der Waals surface area (Å²) in [5.74, 6) is 1.76. The summed E-state index contributed by atoms with van der Waals surface area (Å²) < 4.78 is 5.58. The second-order valence-corrected chi connectivity index (χ2v) is 6.36. The molecule has 2 nitrogen and oxygen atoms in total. The highest BCUT2D eigenvalue weighted by atomic mass is 16.5. The van der Waals surface area contributed by atoms with E-state index in [9.17, 15) is 0 Å². The zero-order chi connectivity index (χ0) is 13.9. The second-order valence-electron chi connectivity index (χ2n) is 6.36. The van der Waals surface area contributed by atoms with E-state index in [4.69, 9.17) is 4.74 Å². The third-order valence-corrected chi connectivity index (χ3v) is 4.25. The van der Waals surface area contributed by atoms with Crippen LogP contribution in [-0.4, -0.2) is 20.2 Å². The summed E-state index contributed by atoms with van der Waals surface area (Å²) in [5, 5.41) is 3.64. The van der Waals surface area contributed by atoms with E-state index >= 15 is 0 Å². The molecule has 0 aromatic heterocycles. The topological polar surface area (TPSA) is 21.3 Å². The molecule has 0 saturated heterocycles. The standard InChI is InChI=1S/C17H27NO/c1-13(2)11-18-12-17(8-5-9-17)15-10-14(3)6-7-16(15)19-4/h6-7,10,13,18H,5,8-9,11-12H2,1-4H3. The summed E-state index contributed by atoms with van der Waals surface area (Å²) in [7, 11) is 1.78. The Balaban J connectivity index is 2.18. The quantitative estimate of drug-likeness (QED) is 0.843. The van der Waals surface area contributed by atoms with Crippen LogP contribution in [0.4, 0.5) is 0 Å². The van der Waals surface area contributed by atoms with E-state index in [-0.39, 0.29) is 0 Å². The predicted molar refractivity (Wildman–Crippen MR) is 81.0 cm³/mol. The molecule has 1 aromatic rings. The van der Waals surface area contributed by atoms with Crippen LogP contribution < -0.4 is 10.1 Å². The van der Waals surface area contributed by atoms with E-state index in [0.717, 1.165) is 18.8 Å². The fraction of sp³-hybridized carbons (Fsp3) is 0.647. The SMILES string of the molecule is COc1ccc(C)cc1C1(CNCC(C)C)CCC1. The molecular weight excluding hydrogens is 234 g/mol. The first-order chi connectivity index (χ1) is 9.07. The zero-order valence-electron chi connectivity index (χ0n) is 12.8. The van der Waals surface area contributed by atoms with Gasteiger partial charge in [0.2, 0.25) is 0 Å². The van der Waals surface area contributed by atoms with Crippen molar-refractivity contribution in [3.63, 3.8) is 0 Å². The highest BCUT2D eigenvalue weighted by Crippen LogP contribution is 2.47. The lowest BCUT2D eigenvalue weighted by Crippen LogP contribution is -2.44. The molecule has 0 radical (unpaired) electrons. The van der Waals surface area contributed by atoms with Gasteiger partial charge in [-0.1, -0.05) is 38.0 Å². The van der Waals surface area contributed by atoms with Crippen LogP contribution >= 0.6 is 0 Å². The van der Waals surface area contributed by atoms with Crippen molar-refractivity contribution in [2.24, 2.45) is 5.92 Å². The number of methoxy groups -OCH3 is 1. The number of benzene rings is 1. The normalized spacial score (nSPS) is 17.3. The van der Waals surface area contributed by atoms with E-state index in [1.165, 1.54) is 30.4 Å². The molecular formula is C17H27NO. The van der Waals surface area contributed by atoms with Crippen molar-refractivity contribution in [1.29, 1.82) is 0 Å². The number of aryl methyl sites for hydroxylation is 1. The van der Waals surface area contributed by atoms with Crippen LogP contribution in [0.5, 0.6) is 5.75 Å². The first-order valence-corrected chi connectivity index (χ1v) is 7.43. The van der Waals surface area contributed by atoms with Crippen molar-refractivity contribution in [3.8, 4) is 5.75 Å². The Labute approximate surface area is 117 Å². The van der Waals surface area contributed by atoms with Crippen LogP contribution in [0.3, 0.4) is 0 Å². The van der Waals surface area contributed by atoms with Gasteiger partial charge in [0.1, 0.15) is 5.75 Å². The van der Waals surface area contributed by atoms with Gasteiger partial charge in [-0.05, 0) is 38.3 Å². The lowest BCUT2D eigenvalue weighted by molar-refractivity contribution is 0.223. The molecule has 0 amide bonds. The summed E-state index contributed by atoms with van der Waals surface area (Å²) in [5.41, 5.74) is 3.02. The monoisotopic (exact) mass is 261 g/mol. The van der Waals surface area contributed by atoms with Gasteiger partial charge >= 0.3 is 0 Å². The first-order valence-electron chi connectivity index (χ1n) is 7.43. The Morgan fingerprint density at radius 2 is 2.05 bits per heavy atom. The average Bonchev–Trinajstić information content (AvgIpc) is 2.32. The minimum absolute atomic E-state index is 0.298. The molecule has 106 valence electrons. The summed E-state index contributed by atoms with van der Waals surface area (Å²) in [6, 6.07) is 6.57. The van der Waals surface area contributed by atoms with Crippen LogP contribution in [-0.2, 0) is 5.41 Å². The van der Waals surface area contributed by atoms with Crippen molar-refractivity contribution < 1.29 is 4.74 Å². The molecule has 2 rings (SSSR count). The highest BCUT2D eigenvalue weighted by molar-refractivity contribution is 5.44. The van der Waals surface area contributed by atoms with Gasteiger partial charge < -0.3 is 10.1 Å². The maximum atomic E-state index is 5.58. The second kappa shape index (κ2) is 5.96. The van der Waals surface area contributed by atoms with E-state index in [1.807, 2.05) is 0 Å². The summed E-state index contributed by atoms with van der Waals surface area (Å²) in [6.45, 7) is 8.85. The van der Waals surface area contributed by atoms with Crippen molar-refractivity contribution in [2.45, 2.75) is 45.4 Å². The van der Waals surface area contributed by atoms with Gasteiger partial charge in [0.15, 0.2) is 0 Å². The molecule has 0 spiro atoms. The first kappa shape index (κ1) is 14.4. The Kier molecular flexibility index (Phi) is 4.51. The van der Waals surface area contributed by atoms with E-state index in [1.54, 1.807) is 7.11 Å². The maximum Gasteiger partial charge on any atom is 0.122 e. The maximum absolute atomic E-state index is 5.58. The molecule has 1 N–H and O–H groups in total. The van der Waals surface area contributed by atoms with Gasteiger partial charge in [-0.15, -0.1) is 0 Å². The molecule has 0 heterocycles. The molecule has 1 fully saturated rings. The molecule has 1 saturated carbocycles. The third-order valence-electron chi connectivity index (χ3n) is 4.25. The zero-order valence-corrected chi connectivity index (χ0v) is 12.8. The van der Waals surface area contributed by atoms with E-state index in [0.29, 0.717) is 11.3 Å². The molecule has 0 unspecified atom stereocenters. The van der Waals surface area contributed by atoms with Crippen LogP contribution in [0.1, 0.15) is 44.2 Å². The Morgan fingerprint density at radius 1 is 1.32 bits per heavy atom. The average molecular weight is 261 g/mol. The Morgan fingerprint density at radius 3 is 2.58 bits per heavy atom.